The number of fused-ring (bicyclic) bond motifs is 4. The van der Waals surface area contributed by atoms with E-state index in [1.165, 1.54) is 0 Å². The van der Waals surface area contributed by atoms with E-state index in [0.29, 0.717) is 39.6 Å². The van der Waals surface area contributed by atoms with Crippen molar-refractivity contribution in [3.8, 4) is 11.8 Å². The fourth-order valence-electron chi connectivity index (χ4n) is 4.25. The number of halogens is 1. The van der Waals surface area contributed by atoms with Gasteiger partial charge in [0, 0.05) is 41.2 Å². The first-order chi connectivity index (χ1) is 16.0. The summed E-state index contributed by atoms with van der Waals surface area (Å²) >= 11 is 6.39. The van der Waals surface area contributed by atoms with Crippen molar-refractivity contribution in [3.05, 3.63) is 81.6 Å². The highest BCUT2D eigenvalue weighted by Gasteiger charge is 2.19. The van der Waals surface area contributed by atoms with Gasteiger partial charge in [-0.1, -0.05) is 17.7 Å². The van der Waals surface area contributed by atoms with Gasteiger partial charge in [-0.05, 0) is 24.3 Å². The average molecular weight is 455 g/mol. The Morgan fingerprint density at radius 2 is 2.03 bits per heavy atom. The minimum absolute atomic E-state index is 0.277. The maximum Gasteiger partial charge on any atom is 0.284 e. The van der Waals surface area contributed by atoms with Gasteiger partial charge in [-0.2, -0.15) is 20.6 Å². The predicted octanol–water partition coefficient (Wildman–Crippen LogP) is 3.52. The van der Waals surface area contributed by atoms with Crippen LogP contribution in [0, 0.1) is 11.3 Å². The second-order valence-corrected chi connectivity index (χ2v) is 8.23. The number of hydrogen-bond donors (Lipinski definition) is 1. The Balaban J connectivity index is 1.71. The molecule has 0 bridgehead atoms. The van der Waals surface area contributed by atoms with Gasteiger partial charge in [0.05, 0.1) is 46.2 Å². The minimum Gasteiger partial charge on any atom is -0.278 e. The van der Waals surface area contributed by atoms with Crippen molar-refractivity contribution in [1.29, 1.82) is 5.26 Å². The highest BCUT2D eigenvalue weighted by Crippen LogP contribution is 2.31. The zero-order chi connectivity index (χ0) is 22.7. The summed E-state index contributed by atoms with van der Waals surface area (Å²) in [7, 11) is 1.85. The van der Waals surface area contributed by atoms with Crippen LogP contribution in [0.25, 0.3) is 38.4 Å². The van der Waals surface area contributed by atoms with Gasteiger partial charge in [-0.25, -0.2) is 0 Å². The first-order valence-corrected chi connectivity index (χ1v) is 10.5. The number of H-pyrrole nitrogens is 1. The number of nitrogens with one attached hydrogen (secondary N) is 1. The van der Waals surface area contributed by atoms with Gasteiger partial charge in [0.1, 0.15) is 6.07 Å². The molecular weight excluding hydrogens is 440 g/mol. The Kier molecular flexibility index (Phi) is 4.12. The Hall–Kier alpha value is -4.42. The highest BCUT2D eigenvalue weighted by molar-refractivity contribution is 6.32. The fourth-order valence-corrected chi connectivity index (χ4v) is 4.45. The number of nitrogens with zero attached hydrogens (tertiary/aromatic N) is 7. The summed E-state index contributed by atoms with van der Waals surface area (Å²) in [4.78, 5) is 13.8. The molecule has 0 amide bonds. The third-order valence-electron chi connectivity index (χ3n) is 5.71. The average Bonchev–Trinajstić information content (AvgIpc) is 3.54. The highest BCUT2D eigenvalue weighted by atomic mass is 35.5. The summed E-state index contributed by atoms with van der Waals surface area (Å²) in [6.45, 7) is 0.458. The van der Waals surface area contributed by atoms with E-state index in [4.69, 9.17) is 11.6 Å². The van der Waals surface area contributed by atoms with Crippen LogP contribution in [0.1, 0.15) is 11.1 Å². The molecule has 0 radical (unpaired) electrons. The summed E-state index contributed by atoms with van der Waals surface area (Å²) in [5.74, 6) is 0. The number of nitriles is 1. The van der Waals surface area contributed by atoms with Crippen molar-refractivity contribution >= 4 is 44.3 Å². The van der Waals surface area contributed by atoms with E-state index in [1.54, 1.807) is 38.5 Å². The molecule has 6 aromatic rings. The van der Waals surface area contributed by atoms with Crippen LogP contribution in [0.4, 0.5) is 0 Å². The van der Waals surface area contributed by atoms with E-state index in [2.05, 4.69) is 26.5 Å². The molecule has 0 atom stereocenters. The first kappa shape index (κ1) is 19.3. The van der Waals surface area contributed by atoms with E-state index >= 15 is 0 Å². The molecule has 4 heterocycles. The van der Waals surface area contributed by atoms with E-state index in [-0.39, 0.29) is 10.6 Å². The van der Waals surface area contributed by atoms with Gasteiger partial charge >= 0.3 is 0 Å². The lowest BCUT2D eigenvalue weighted by Gasteiger charge is -2.13. The van der Waals surface area contributed by atoms with Crippen LogP contribution in [0.15, 0.2) is 59.9 Å². The normalized spacial score (nSPS) is 11.5. The standard InChI is InChI=1S/C23H15ClN8O/c1-30-10-13(8-27-30)11-31-12-17-15-5-14(7-25)18(24)6-21(15)32(23(33)22(17)29-31)20-4-2-3-19-16(20)9-26-28-19/h2-6,8-10,12H,11H2,1H3,(H,26,28). The molecule has 10 heteroatoms. The molecule has 0 fully saturated rings. The zero-order valence-corrected chi connectivity index (χ0v) is 18.1. The lowest BCUT2D eigenvalue weighted by atomic mass is 10.1. The molecule has 6 rings (SSSR count). The Bertz CT molecular complexity index is 1810. The van der Waals surface area contributed by atoms with E-state index in [0.717, 1.165) is 16.5 Å². The largest absolute Gasteiger partial charge is 0.284 e. The second kappa shape index (κ2) is 7.05. The third kappa shape index (κ3) is 2.92. The Morgan fingerprint density at radius 1 is 1.15 bits per heavy atom. The van der Waals surface area contributed by atoms with Gasteiger partial charge in [0.2, 0.25) is 0 Å². The first-order valence-electron chi connectivity index (χ1n) is 10.1. The molecule has 0 aliphatic carbocycles. The van der Waals surface area contributed by atoms with Crippen LogP contribution < -0.4 is 5.56 Å². The van der Waals surface area contributed by atoms with Crippen LogP contribution in [-0.2, 0) is 13.6 Å². The number of aromatic amines is 1. The van der Waals surface area contributed by atoms with Crippen molar-refractivity contribution < 1.29 is 0 Å². The molecule has 0 aliphatic rings. The molecular formula is C23H15ClN8O. The number of pyridine rings is 1. The third-order valence-corrected chi connectivity index (χ3v) is 6.02. The molecule has 0 saturated carbocycles. The topological polar surface area (TPSA) is 110 Å². The molecule has 0 unspecified atom stereocenters. The fraction of sp³-hybridized carbons (Fsp3) is 0.0870. The van der Waals surface area contributed by atoms with Crippen LogP contribution >= 0.6 is 11.6 Å². The van der Waals surface area contributed by atoms with Crippen molar-refractivity contribution in [2.75, 3.05) is 0 Å². The molecule has 2 aromatic carbocycles. The monoisotopic (exact) mass is 454 g/mol. The van der Waals surface area contributed by atoms with Crippen molar-refractivity contribution in [2.45, 2.75) is 6.54 Å². The predicted molar refractivity (Wildman–Crippen MR) is 125 cm³/mol. The van der Waals surface area contributed by atoms with Crippen molar-refractivity contribution in [1.82, 2.24) is 34.3 Å². The van der Waals surface area contributed by atoms with E-state index in [1.807, 2.05) is 37.6 Å². The SMILES string of the molecule is Cn1cc(Cn2cc3c(n2)c(=O)n(-c2cccc4[nH]ncc24)c2cc(Cl)c(C#N)cc32)cn1. The number of hydrogen-bond acceptors (Lipinski definition) is 5. The molecule has 160 valence electrons. The van der Waals surface area contributed by atoms with Gasteiger partial charge in [0.25, 0.3) is 5.56 Å². The molecule has 0 spiro atoms. The summed E-state index contributed by atoms with van der Waals surface area (Å²) < 4.78 is 5.02. The zero-order valence-electron chi connectivity index (χ0n) is 17.3. The lowest BCUT2D eigenvalue weighted by molar-refractivity contribution is 0.692. The summed E-state index contributed by atoms with van der Waals surface area (Å²) in [6, 6.07) is 11.1. The molecule has 33 heavy (non-hydrogen) atoms. The van der Waals surface area contributed by atoms with Crippen LogP contribution in [-0.4, -0.2) is 34.3 Å². The van der Waals surface area contributed by atoms with Crippen LogP contribution in [0.3, 0.4) is 0 Å². The van der Waals surface area contributed by atoms with E-state index in [9.17, 15) is 10.1 Å². The minimum atomic E-state index is -0.281. The maximum absolute atomic E-state index is 13.8. The second-order valence-electron chi connectivity index (χ2n) is 7.82. The number of aryl methyl sites for hydroxylation is 1. The lowest BCUT2D eigenvalue weighted by Crippen LogP contribution is -2.20. The Morgan fingerprint density at radius 3 is 2.82 bits per heavy atom. The maximum atomic E-state index is 13.8. The molecule has 0 saturated heterocycles. The van der Waals surface area contributed by atoms with Crippen molar-refractivity contribution in [3.63, 3.8) is 0 Å². The summed E-state index contributed by atoms with van der Waals surface area (Å²) in [5, 5.41) is 27.8. The van der Waals surface area contributed by atoms with Crippen molar-refractivity contribution in [2.24, 2.45) is 7.05 Å². The molecule has 1 N–H and O–H groups in total. The van der Waals surface area contributed by atoms with Gasteiger partial charge in [0.15, 0.2) is 5.52 Å². The summed E-state index contributed by atoms with van der Waals surface area (Å²) in [6.07, 6.45) is 7.16. The number of benzene rings is 2. The van der Waals surface area contributed by atoms with Gasteiger partial charge in [-0.3, -0.25) is 23.8 Å². The quantitative estimate of drug-likeness (QED) is 0.440. The smallest absolute Gasteiger partial charge is 0.278 e. The van der Waals surface area contributed by atoms with Crippen LogP contribution in [0.5, 0.6) is 0 Å². The molecule has 4 aromatic heterocycles. The number of aromatic nitrogens is 7. The van der Waals surface area contributed by atoms with E-state index < -0.39 is 0 Å². The van der Waals surface area contributed by atoms with Gasteiger partial charge in [-0.15, -0.1) is 0 Å². The Labute approximate surface area is 191 Å². The van der Waals surface area contributed by atoms with Gasteiger partial charge < -0.3 is 0 Å². The molecule has 0 aliphatic heterocycles. The molecule has 9 nitrogen and oxygen atoms in total. The summed E-state index contributed by atoms with van der Waals surface area (Å²) in [5.41, 5.74) is 3.35. The number of rotatable bonds is 3. The van der Waals surface area contributed by atoms with Crippen LogP contribution in [0.2, 0.25) is 5.02 Å².